The summed E-state index contributed by atoms with van der Waals surface area (Å²) in [5.74, 6) is 0. The quantitative estimate of drug-likeness (QED) is 0.524. The number of aliphatic hydroxyl groups is 5. The SMILES string of the molecule is CO[C@H]1c2ccccc2[C@@H](O)[C@@H](O)[C@@H]1O[C@H]1c2ccccc2[C@@H](O)[C@@H](O)[C@@H]1O. The lowest BCUT2D eigenvalue weighted by Gasteiger charge is -2.44. The van der Waals surface area contributed by atoms with E-state index in [9.17, 15) is 25.5 Å². The largest absolute Gasteiger partial charge is 0.387 e. The van der Waals surface area contributed by atoms with Gasteiger partial charge in [-0.2, -0.15) is 0 Å². The predicted octanol–water partition coefficient (Wildman–Crippen LogP) is 0.677. The zero-order valence-electron chi connectivity index (χ0n) is 15.3. The number of benzene rings is 2. The van der Waals surface area contributed by atoms with Crippen molar-refractivity contribution in [2.75, 3.05) is 7.11 Å². The van der Waals surface area contributed by atoms with Gasteiger partial charge in [-0.1, -0.05) is 48.5 Å². The molecule has 0 saturated heterocycles. The lowest BCUT2D eigenvalue weighted by molar-refractivity contribution is -0.214. The van der Waals surface area contributed by atoms with Crippen LogP contribution in [0.3, 0.4) is 0 Å². The van der Waals surface area contributed by atoms with Crippen LogP contribution >= 0.6 is 0 Å². The Balaban J connectivity index is 1.73. The van der Waals surface area contributed by atoms with E-state index in [4.69, 9.17) is 9.47 Å². The molecule has 0 aliphatic heterocycles. The second-order valence-corrected chi connectivity index (χ2v) is 7.30. The van der Waals surface area contributed by atoms with Crippen LogP contribution in [0.25, 0.3) is 0 Å². The highest BCUT2D eigenvalue weighted by Gasteiger charge is 2.47. The molecule has 2 aromatic rings. The van der Waals surface area contributed by atoms with Crippen molar-refractivity contribution in [2.45, 2.75) is 48.8 Å². The molecule has 0 saturated carbocycles. The van der Waals surface area contributed by atoms with Crippen LogP contribution in [0.4, 0.5) is 0 Å². The summed E-state index contributed by atoms with van der Waals surface area (Å²) in [6.45, 7) is 0. The molecule has 0 radical (unpaired) electrons. The predicted molar refractivity (Wildman–Crippen MR) is 98.2 cm³/mol. The van der Waals surface area contributed by atoms with E-state index in [1.165, 1.54) is 7.11 Å². The minimum absolute atomic E-state index is 0.450. The molecule has 2 aliphatic carbocycles. The molecule has 0 amide bonds. The van der Waals surface area contributed by atoms with Gasteiger partial charge in [-0.25, -0.2) is 0 Å². The van der Waals surface area contributed by atoms with E-state index in [0.29, 0.717) is 22.3 Å². The zero-order chi connectivity index (χ0) is 20.0. The van der Waals surface area contributed by atoms with Crippen molar-refractivity contribution in [3.05, 3.63) is 70.8 Å². The standard InChI is InChI=1S/C21H24O7/c1-27-20-13-9-5-3-7-11(13)15(23)17(25)21(20)28-19-12-8-4-2-6-10(12)14(22)16(24)18(19)26/h2-9,14-26H,1H3/t14-,15-,16-,17-,18+,19+,20+,21+/m1/s1. The van der Waals surface area contributed by atoms with E-state index in [-0.39, 0.29) is 0 Å². The van der Waals surface area contributed by atoms with Gasteiger partial charge in [-0.15, -0.1) is 0 Å². The molecule has 0 bridgehead atoms. The van der Waals surface area contributed by atoms with Gasteiger partial charge in [0.05, 0.1) is 0 Å². The summed E-state index contributed by atoms with van der Waals surface area (Å²) in [5, 5.41) is 52.4. The molecular formula is C21H24O7. The van der Waals surface area contributed by atoms with E-state index < -0.39 is 48.8 Å². The maximum Gasteiger partial charge on any atom is 0.117 e. The molecule has 2 aromatic carbocycles. The second-order valence-electron chi connectivity index (χ2n) is 7.30. The molecular weight excluding hydrogens is 364 g/mol. The molecule has 0 unspecified atom stereocenters. The Morgan fingerprint density at radius 2 is 1.07 bits per heavy atom. The van der Waals surface area contributed by atoms with Crippen molar-refractivity contribution in [1.29, 1.82) is 0 Å². The third-order valence-corrected chi connectivity index (χ3v) is 5.74. The van der Waals surface area contributed by atoms with E-state index in [1.807, 2.05) is 0 Å². The summed E-state index contributed by atoms with van der Waals surface area (Å²) >= 11 is 0. The molecule has 28 heavy (non-hydrogen) atoms. The molecule has 8 atom stereocenters. The van der Waals surface area contributed by atoms with Gasteiger partial charge >= 0.3 is 0 Å². The molecule has 0 heterocycles. The third kappa shape index (κ3) is 2.96. The fourth-order valence-electron chi connectivity index (χ4n) is 4.27. The lowest BCUT2D eigenvalue weighted by atomic mass is 9.81. The van der Waals surface area contributed by atoms with Crippen LogP contribution in [-0.4, -0.2) is 57.1 Å². The fraction of sp³-hybridized carbons (Fsp3) is 0.429. The van der Waals surface area contributed by atoms with Crippen LogP contribution in [0.2, 0.25) is 0 Å². The Morgan fingerprint density at radius 3 is 1.61 bits per heavy atom. The number of hydrogen-bond acceptors (Lipinski definition) is 7. The Morgan fingerprint density at radius 1 is 0.607 bits per heavy atom. The van der Waals surface area contributed by atoms with Crippen LogP contribution in [-0.2, 0) is 9.47 Å². The molecule has 5 N–H and O–H groups in total. The summed E-state index contributed by atoms with van der Waals surface area (Å²) < 4.78 is 11.6. The molecule has 0 aromatic heterocycles. The molecule has 7 nitrogen and oxygen atoms in total. The first-order valence-corrected chi connectivity index (χ1v) is 9.22. The number of rotatable bonds is 3. The summed E-state index contributed by atoms with van der Waals surface area (Å²) in [6, 6.07) is 13.9. The summed E-state index contributed by atoms with van der Waals surface area (Å²) in [4.78, 5) is 0. The Hall–Kier alpha value is -1.84. The van der Waals surface area contributed by atoms with Gasteiger partial charge in [-0.3, -0.25) is 0 Å². The third-order valence-electron chi connectivity index (χ3n) is 5.74. The molecule has 2 aliphatic rings. The van der Waals surface area contributed by atoms with Gasteiger partial charge < -0.3 is 35.0 Å². The van der Waals surface area contributed by atoms with Crippen LogP contribution in [0.1, 0.15) is 46.7 Å². The van der Waals surface area contributed by atoms with Gasteiger partial charge in [-0.05, 0) is 22.3 Å². The first-order valence-electron chi connectivity index (χ1n) is 9.22. The monoisotopic (exact) mass is 388 g/mol. The van der Waals surface area contributed by atoms with Gasteiger partial charge in [0.15, 0.2) is 0 Å². The van der Waals surface area contributed by atoms with Crippen molar-refractivity contribution in [3.8, 4) is 0 Å². The Kier molecular flexibility index (Phi) is 5.24. The highest BCUT2D eigenvalue weighted by Crippen LogP contribution is 2.45. The summed E-state index contributed by atoms with van der Waals surface area (Å²) in [6.07, 6.45) is -9.27. The fourth-order valence-corrected chi connectivity index (χ4v) is 4.27. The van der Waals surface area contributed by atoms with Crippen molar-refractivity contribution in [1.82, 2.24) is 0 Å². The minimum Gasteiger partial charge on any atom is -0.387 e. The Bertz CT molecular complexity index is 841. The van der Waals surface area contributed by atoms with Crippen LogP contribution in [0.5, 0.6) is 0 Å². The number of fused-ring (bicyclic) bond motifs is 2. The van der Waals surface area contributed by atoms with Crippen molar-refractivity contribution < 1.29 is 35.0 Å². The maximum atomic E-state index is 10.7. The summed E-state index contributed by atoms with van der Waals surface area (Å²) in [7, 11) is 1.48. The maximum absolute atomic E-state index is 10.7. The average Bonchev–Trinajstić information content (AvgIpc) is 2.73. The van der Waals surface area contributed by atoms with E-state index in [2.05, 4.69) is 0 Å². The lowest BCUT2D eigenvalue weighted by Crippen LogP contribution is -2.49. The zero-order valence-corrected chi connectivity index (χ0v) is 15.3. The van der Waals surface area contributed by atoms with E-state index in [0.717, 1.165) is 0 Å². The molecule has 150 valence electrons. The molecule has 7 heteroatoms. The van der Waals surface area contributed by atoms with Crippen molar-refractivity contribution >= 4 is 0 Å². The van der Waals surface area contributed by atoms with Crippen molar-refractivity contribution in [3.63, 3.8) is 0 Å². The number of methoxy groups -OCH3 is 1. The first kappa shape index (κ1) is 19.5. The first-order chi connectivity index (χ1) is 13.5. The van der Waals surface area contributed by atoms with E-state index in [1.54, 1.807) is 48.5 Å². The Labute approximate surface area is 162 Å². The van der Waals surface area contributed by atoms with Crippen molar-refractivity contribution in [2.24, 2.45) is 0 Å². The highest BCUT2D eigenvalue weighted by atomic mass is 16.6. The number of ether oxygens (including phenoxy) is 2. The molecule has 0 fully saturated rings. The highest BCUT2D eigenvalue weighted by molar-refractivity contribution is 5.38. The van der Waals surface area contributed by atoms with Crippen LogP contribution in [0.15, 0.2) is 48.5 Å². The molecule has 0 spiro atoms. The second kappa shape index (κ2) is 7.53. The van der Waals surface area contributed by atoms with Crippen LogP contribution in [0, 0.1) is 0 Å². The smallest absolute Gasteiger partial charge is 0.117 e. The van der Waals surface area contributed by atoms with Gasteiger partial charge in [0, 0.05) is 7.11 Å². The number of hydrogen-bond donors (Lipinski definition) is 5. The summed E-state index contributed by atoms with van der Waals surface area (Å²) in [5.41, 5.74) is 2.21. The number of aliphatic hydroxyl groups excluding tert-OH is 5. The minimum atomic E-state index is -1.45. The molecule has 4 rings (SSSR count). The van der Waals surface area contributed by atoms with E-state index >= 15 is 0 Å². The normalized spacial score (nSPS) is 37.2. The van der Waals surface area contributed by atoms with Gasteiger partial charge in [0.2, 0.25) is 0 Å². The van der Waals surface area contributed by atoms with Crippen LogP contribution < -0.4 is 0 Å². The topological polar surface area (TPSA) is 120 Å². The van der Waals surface area contributed by atoms with Gasteiger partial charge in [0.25, 0.3) is 0 Å². The average molecular weight is 388 g/mol. The van der Waals surface area contributed by atoms with Gasteiger partial charge in [0.1, 0.15) is 48.8 Å².